The van der Waals surface area contributed by atoms with Crippen molar-refractivity contribution in [1.29, 1.82) is 0 Å². The Bertz CT molecular complexity index is 1200. The van der Waals surface area contributed by atoms with E-state index in [9.17, 15) is 22.0 Å². The highest BCUT2D eigenvalue weighted by molar-refractivity contribution is 9.12. The number of carbonyl (C=O) groups excluding carboxylic acids is 1. The summed E-state index contributed by atoms with van der Waals surface area (Å²) in [5.74, 6) is -0.782. The van der Waals surface area contributed by atoms with Gasteiger partial charge in [0.25, 0.3) is 0 Å². The summed E-state index contributed by atoms with van der Waals surface area (Å²) in [5, 5.41) is 0. The van der Waals surface area contributed by atoms with Crippen molar-refractivity contribution in [2.45, 2.75) is 19.3 Å². The summed E-state index contributed by atoms with van der Waals surface area (Å²) in [5.41, 5.74) is 1.51. The molecule has 2 aromatic rings. The average Bonchev–Trinajstić information content (AvgIpc) is 2.98. The van der Waals surface area contributed by atoms with Crippen LogP contribution in [0.2, 0.25) is 0 Å². The van der Waals surface area contributed by atoms with Crippen LogP contribution in [0.4, 0.5) is 8.78 Å². The Balaban J connectivity index is 1.42. The first kappa shape index (κ1) is 23.1. The van der Waals surface area contributed by atoms with E-state index in [2.05, 4.69) is 15.9 Å². The molecule has 0 N–H and O–H groups in total. The largest absolute Gasteiger partial charge is 0.494 e. The lowest BCUT2D eigenvalue weighted by Crippen LogP contribution is -2.38. The normalized spacial score (nSPS) is 17.7. The van der Waals surface area contributed by atoms with Crippen LogP contribution >= 0.6 is 15.9 Å². The zero-order valence-corrected chi connectivity index (χ0v) is 19.8. The molecule has 0 aromatic heterocycles. The maximum atomic E-state index is 14.3. The van der Waals surface area contributed by atoms with E-state index in [0.29, 0.717) is 48.1 Å². The maximum Gasteiger partial charge on any atom is 0.211 e. The summed E-state index contributed by atoms with van der Waals surface area (Å²) in [7, 11) is -3.14. The molecule has 0 bridgehead atoms. The lowest BCUT2D eigenvalue weighted by atomic mass is 9.95. The molecule has 0 atom stereocenters. The Hall–Kier alpha value is -2.10. The molecule has 0 unspecified atom stereocenters. The monoisotopic (exact) mass is 525 g/mol. The predicted octanol–water partition coefficient (Wildman–Crippen LogP) is 4.76. The van der Waals surface area contributed by atoms with Crippen molar-refractivity contribution in [2.24, 2.45) is 5.92 Å². The SMILES string of the molecule is CS(=O)(=O)N1CCC(CCOc2ccc3c(c2)C(=O)C(Br)=C3c2ccc(F)cc2F)CC1. The number of rotatable bonds is 6. The number of hydrogen-bond acceptors (Lipinski definition) is 4. The van der Waals surface area contributed by atoms with E-state index < -0.39 is 21.7 Å². The first-order valence-electron chi connectivity index (χ1n) is 10.3. The number of benzene rings is 2. The zero-order chi connectivity index (χ0) is 23.0. The molecule has 0 amide bonds. The van der Waals surface area contributed by atoms with Gasteiger partial charge in [0.1, 0.15) is 17.4 Å². The summed E-state index contributed by atoms with van der Waals surface area (Å²) >= 11 is 3.27. The van der Waals surface area contributed by atoms with Gasteiger partial charge >= 0.3 is 0 Å². The molecule has 0 radical (unpaired) electrons. The van der Waals surface area contributed by atoms with Gasteiger partial charge in [0.2, 0.25) is 15.8 Å². The van der Waals surface area contributed by atoms with Crippen LogP contribution < -0.4 is 4.74 Å². The fraction of sp³-hybridized carbons (Fsp3) is 0.348. The number of halogens is 3. The third-order valence-electron chi connectivity index (χ3n) is 5.96. The number of allylic oxidation sites excluding steroid dienone is 1. The molecule has 1 aliphatic heterocycles. The van der Waals surface area contributed by atoms with Crippen molar-refractivity contribution >= 4 is 37.3 Å². The number of hydrogen-bond donors (Lipinski definition) is 0. The second kappa shape index (κ2) is 9.03. The van der Waals surface area contributed by atoms with Crippen LogP contribution in [0.3, 0.4) is 0 Å². The van der Waals surface area contributed by atoms with Crippen molar-refractivity contribution in [3.05, 3.63) is 69.2 Å². The van der Waals surface area contributed by atoms with Gasteiger partial charge in [0.15, 0.2) is 0 Å². The summed E-state index contributed by atoms with van der Waals surface area (Å²) in [6.07, 6.45) is 3.61. The molecule has 1 saturated heterocycles. The summed E-state index contributed by atoms with van der Waals surface area (Å²) in [4.78, 5) is 12.7. The van der Waals surface area contributed by atoms with E-state index in [-0.39, 0.29) is 15.8 Å². The Labute approximate surface area is 194 Å². The first-order valence-corrected chi connectivity index (χ1v) is 12.9. The Morgan fingerprint density at radius 1 is 1.06 bits per heavy atom. The number of piperidine rings is 1. The van der Waals surface area contributed by atoms with E-state index >= 15 is 0 Å². The Morgan fingerprint density at radius 2 is 1.75 bits per heavy atom. The maximum absolute atomic E-state index is 14.3. The third kappa shape index (κ3) is 4.65. The number of ether oxygens (including phenoxy) is 1. The average molecular weight is 526 g/mol. The van der Waals surface area contributed by atoms with Crippen molar-refractivity contribution in [2.75, 3.05) is 26.0 Å². The molecule has 32 heavy (non-hydrogen) atoms. The molecule has 9 heteroatoms. The highest BCUT2D eigenvalue weighted by Crippen LogP contribution is 2.42. The minimum absolute atomic E-state index is 0.152. The van der Waals surface area contributed by atoms with Gasteiger partial charge in [-0.3, -0.25) is 4.79 Å². The van der Waals surface area contributed by atoms with E-state index in [0.717, 1.165) is 31.4 Å². The van der Waals surface area contributed by atoms with Gasteiger partial charge in [0.05, 0.1) is 17.3 Å². The number of carbonyl (C=O) groups is 1. The van der Waals surface area contributed by atoms with Crippen LogP contribution in [0.5, 0.6) is 5.75 Å². The van der Waals surface area contributed by atoms with Crippen molar-refractivity contribution in [1.82, 2.24) is 4.31 Å². The molecule has 1 aliphatic carbocycles. The number of Topliss-reactive ketones (excluding diaryl/α,β-unsaturated/α-hetero) is 1. The smallest absolute Gasteiger partial charge is 0.211 e. The van der Waals surface area contributed by atoms with Gasteiger partial charge in [-0.05, 0) is 77.0 Å². The van der Waals surface area contributed by atoms with Crippen molar-refractivity contribution in [3.63, 3.8) is 0 Å². The van der Waals surface area contributed by atoms with E-state index in [1.165, 1.54) is 16.6 Å². The molecule has 0 saturated carbocycles. The summed E-state index contributed by atoms with van der Waals surface area (Å²) in [6, 6.07) is 8.35. The summed E-state index contributed by atoms with van der Waals surface area (Å²) < 4.78 is 58.4. The lowest BCUT2D eigenvalue weighted by molar-refractivity contribution is 0.104. The second-order valence-corrected chi connectivity index (χ2v) is 10.9. The number of nitrogens with zero attached hydrogens (tertiary/aromatic N) is 1. The molecular weight excluding hydrogens is 504 g/mol. The molecule has 2 aromatic carbocycles. The lowest BCUT2D eigenvalue weighted by Gasteiger charge is -2.30. The topological polar surface area (TPSA) is 63.7 Å². The molecule has 1 fully saturated rings. The molecule has 1 heterocycles. The molecule has 5 nitrogen and oxygen atoms in total. The van der Waals surface area contributed by atoms with Gasteiger partial charge in [-0.15, -0.1) is 0 Å². The van der Waals surface area contributed by atoms with Gasteiger partial charge < -0.3 is 4.74 Å². The van der Waals surface area contributed by atoms with Crippen LogP contribution in [0.15, 0.2) is 40.9 Å². The van der Waals surface area contributed by atoms with Gasteiger partial charge in [-0.25, -0.2) is 21.5 Å². The zero-order valence-electron chi connectivity index (χ0n) is 17.4. The highest BCUT2D eigenvalue weighted by atomic mass is 79.9. The fourth-order valence-electron chi connectivity index (χ4n) is 4.20. The molecular formula is C23H22BrF2NO4S. The number of ketones is 1. The van der Waals surface area contributed by atoms with Gasteiger partial charge in [0, 0.05) is 35.9 Å². The fourth-order valence-corrected chi connectivity index (χ4v) is 5.71. The molecule has 2 aliphatic rings. The second-order valence-electron chi connectivity index (χ2n) is 8.09. The van der Waals surface area contributed by atoms with Crippen molar-refractivity contribution in [3.8, 4) is 5.75 Å². The van der Waals surface area contributed by atoms with Crippen LogP contribution in [-0.4, -0.2) is 44.5 Å². The predicted molar refractivity (Wildman–Crippen MR) is 121 cm³/mol. The Morgan fingerprint density at radius 3 is 2.41 bits per heavy atom. The third-order valence-corrected chi connectivity index (χ3v) is 8.02. The van der Waals surface area contributed by atoms with Gasteiger partial charge in [-0.1, -0.05) is 0 Å². The van der Waals surface area contributed by atoms with Crippen molar-refractivity contribution < 1.29 is 26.7 Å². The van der Waals surface area contributed by atoms with Crippen LogP contribution in [0.25, 0.3) is 5.57 Å². The Kier molecular flexibility index (Phi) is 6.51. The molecule has 4 rings (SSSR count). The minimum atomic E-state index is -3.14. The van der Waals surface area contributed by atoms with E-state index in [1.54, 1.807) is 18.2 Å². The molecule has 170 valence electrons. The summed E-state index contributed by atoms with van der Waals surface area (Å²) in [6.45, 7) is 1.50. The van der Waals surface area contributed by atoms with Crippen LogP contribution in [0.1, 0.15) is 40.7 Å². The molecule has 0 spiro atoms. The van der Waals surface area contributed by atoms with E-state index in [4.69, 9.17) is 4.74 Å². The van der Waals surface area contributed by atoms with Gasteiger partial charge in [-0.2, -0.15) is 0 Å². The van der Waals surface area contributed by atoms with E-state index in [1.807, 2.05) is 0 Å². The van der Waals surface area contributed by atoms with Crippen LogP contribution in [-0.2, 0) is 10.0 Å². The highest BCUT2D eigenvalue weighted by Gasteiger charge is 2.31. The first-order chi connectivity index (χ1) is 15.1. The minimum Gasteiger partial charge on any atom is -0.494 e. The standard InChI is InChI=1S/C23H22BrF2NO4S/c1-32(29,30)27-9-6-14(7-10-27)8-11-31-16-3-5-17-19(13-16)23(28)22(24)21(17)18-4-2-15(25)12-20(18)26/h2-5,12-14H,6-11H2,1H3. The quantitative estimate of drug-likeness (QED) is 0.545. The number of sulfonamides is 1. The van der Waals surface area contributed by atoms with Crippen LogP contribution in [0, 0.1) is 17.6 Å². The number of fused-ring (bicyclic) bond motifs is 1.